The average Bonchev–Trinajstić information content (AvgIpc) is 2.62. The lowest BCUT2D eigenvalue weighted by Gasteiger charge is -2.04. The molecule has 0 aromatic carbocycles. The fourth-order valence-electron chi connectivity index (χ4n) is 1.09. The molecule has 0 spiro atoms. The van der Waals surface area contributed by atoms with E-state index in [1.807, 2.05) is 11.4 Å². The Kier molecular flexibility index (Phi) is 6.28. The van der Waals surface area contributed by atoms with Gasteiger partial charge in [-0.3, -0.25) is 0 Å². The summed E-state index contributed by atoms with van der Waals surface area (Å²) in [5, 5.41) is 1.93. The molecule has 0 aliphatic carbocycles. The van der Waals surface area contributed by atoms with E-state index in [0.717, 1.165) is 15.8 Å². The maximum Gasteiger partial charge on any atom is 0.211 e. The normalized spacial score (nSPS) is 11.9. The van der Waals surface area contributed by atoms with Crippen LogP contribution in [0.5, 0.6) is 0 Å². The van der Waals surface area contributed by atoms with Crippen LogP contribution < -0.4 is 4.72 Å². The van der Waals surface area contributed by atoms with Gasteiger partial charge in [-0.05, 0) is 34.8 Å². The molecule has 0 saturated heterocycles. The summed E-state index contributed by atoms with van der Waals surface area (Å²) >= 11 is 10.3. The van der Waals surface area contributed by atoms with Crippen molar-refractivity contribution in [1.29, 1.82) is 0 Å². The standard InChI is InChI=1S/C9H13BrClNO2S2/c10-8-5-9(15-7-8)6-12-16(13,14)4-2-1-3-11/h5,7,12H,1-4,6H2. The van der Waals surface area contributed by atoms with Crippen LogP contribution in [0, 0.1) is 0 Å². The minimum atomic E-state index is -3.16. The predicted octanol–water partition coefficient (Wildman–Crippen LogP) is 2.95. The molecule has 0 bridgehead atoms. The largest absolute Gasteiger partial charge is 0.212 e. The minimum absolute atomic E-state index is 0.145. The number of alkyl halides is 1. The van der Waals surface area contributed by atoms with Crippen molar-refractivity contribution in [2.75, 3.05) is 11.6 Å². The Hall–Kier alpha value is 0.380. The second kappa shape index (κ2) is 6.96. The summed E-state index contributed by atoms with van der Waals surface area (Å²) in [6.45, 7) is 0.361. The van der Waals surface area contributed by atoms with Gasteiger partial charge in [-0.25, -0.2) is 13.1 Å². The lowest BCUT2D eigenvalue weighted by Crippen LogP contribution is -2.25. The Labute approximate surface area is 113 Å². The first kappa shape index (κ1) is 14.4. The molecule has 1 aromatic heterocycles. The molecule has 16 heavy (non-hydrogen) atoms. The molecule has 0 radical (unpaired) electrons. The lowest BCUT2D eigenvalue weighted by atomic mass is 10.4. The highest BCUT2D eigenvalue weighted by Gasteiger charge is 2.09. The predicted molar refractivity (Wildman–Crippen MR) is 72.6 cm³/mol. The van der Waals surface area contributed by atoms with Crippen molar-refractivity contribution in [2.24, 2.45) is 0 Å². The van der Waals surface area contributed by atoms with Crippen LogP contribution >= 0.6 is 38.9 Å². The molecule has 0 aliphatic heterocycles. The highest BCUT2D eigenvalue weighted by molar-refractivity contribution is 9.10. The van der Waals surface area contributed by atoms with Gasteiger partial charge in [-0.15, -0.1) is 22.9 Å². The number of thiophene rings is 1. The summed E-state index contributed by atoms with van der Waals surface area (Å²) in [5.74, 6) is 0.652. The van der Waals surface area contributed by atoms with Gasteiger partial charge < -0.3 is 0 Å². The second-order valence-electron chi connectivity index (χ2n) is 3.27. The summed E-state index contributed by atoms with van der Waals surface area (Å²) in [6.07, 6.45) is 1.33. The molecule has 0 aliphatic rings. The van der Waals surface area contributed by atoms with E-state index >= 15 is 0 Å². The Balaban J connectivity index is 2.36. The molecule has 7 heteroatoms. The molecule has 0 atom stereocenters. The van der Waals surface area contributed by atoms with Crippen LogP contribution in [0.3, 0.4) is 0 Å². The smallest absolute Gasteiger partial charge is 0.211 e. The third-order valence-corrected chi connectivity index (χ3v) is 5.26. The molecule has 1 rings (SSSR count). The van der Waals surface area contributed by atoms with E-state index in [0.29, 0.717) is 18.8 Å². The van der Waals surface area contributed by atoms with Gasteiger partial charge in [0.15, 0.2) is 0 Å². The van der Waals surface area contributed by atoms with Crippen molar-refractivity contribution in [1.82, 2.24) is 4.72 Å². The molecule has 3 nitrogen and oxygen atoms in total. The van der Waals surface area contributed by atoms with E-state index in [1.165, 1.54) is 11.3 Å². The zero-order valence-corrected chi connectivity index (χ0v) is 12.6. The van der Waals surface area contributed by atoms with Gasteiger partial charge in [0.05, 0.1) is 5.75 Å². The van der Waals surface area contributed by atoms with E-state index < -0.39 is 10.0 Å². The number of halogens is 2. The van der Waals surface area contributed by atoms with Gasteiger partial charge >= 0.3 is 0 Å². The lowest BCUT2D eigenvalue weighted by molar-refractivity contribution is 0.578. The summed E-state index contributed by atoms with van der Waals surface area (Å²) in [5.41, 5.74) is 0. The Morgan fingerprint density at radius 3 is 2.75 bits per heavy atom. The number of hydrogen-bond donors (Lipinski definition) is 1. The Morgan fingerprint density at radius 1 is 1.44 bits per heavy atom. The van der Waals surface area contributed by atoms with Gasteiger partial charge in [-0.1, -0.05) is 0 Å². The topological polar surface area (TPSA) is 46.2 Å². The molecular weight excluding hydrogens is 334 g/mol. The van der Waals surface area contributed by atoms with Gasteiger partial charge in [0.1, 0.15) is 0 Å². The zero-order chi connectivity index (χ0) is 12.0. The van der Waals surface area contributed by atoms with Crippen LogP contribution in [0.15, 0.2) is 15.9 Å². The molecule has 92 valence electrons. The number of rotatable bonds is 7. The summed E-state index contributed by atoms with van der Waals surface area (Å²) in [6, 6.07) is 1.91. The van der Waals surface area contributed by atoms with Gasteiger partial charge in [0.2, 0.25) is 10.0 Å². The highest BCUT2D eigenvalue weighted by Crippen LogP contribution is 2.19. The first-order valence-electron chi connectivity index (χ1n) is 4.80. The maximum atomic E-state index is 11.5. The van der Waals surface area contributed by atoms with Gasteiger partial charge in [-0.2, -0.15) is 0 Å². The molecule has 0 fully saturated rings. The van der Waals surface area contributed by atoms with E-state index in [9.17, 15) is 8.42 Å². The van der Waals surface area contributed by atoms with Crippen molar-refractivity contribution in [3.63, 3.8) is 0 Å². The highest BCUT2D eigenvalue weighted by atomic mass is 79.9. The number of unbranched alkanes of at least 4 members (excludes halogenated alkanes) is 1. The van der Waals surface area contributed by atoms with Crippen LogP contribution in [0.1, 0.15) is 17.7 Å². The quantitative estimate of drug-likeness (QED) is 0.609. The van der Waals surface area contributed by atoms with Crippen molar-refractivity contribution >= 4 is 48.9 Å². The van der Waals surface area contributed by atoms with Crippen molar-refractivity contribution in [3.8, 4) is 0 Å². The summed E-state index contributed by atoms with van der Waals surface area (Å²) in [7, 11) is -3.16. The Morgan fingerprint density at radius 2 is 2.19 bits per heavy atom. The van der Waals surface area contributed by atoms with Crippen molar-refractivity contribution < 1.29 is 8.42 Å². The molecule has 1 N–H and O–H groups in total. The van der Waals surface area contributed by atoms with Crippen LogP contribution in [-0.4, -0.2) is 20.1 Å². The van der Waals surface area contributed by atoms with Crippen LogP contribution in [0.2, 0.25) is 0 Å². The average molecular weight is 347 g/mol. The first-order valence-corrected chi connectivity index (χ1v) is 8.65. The first-order chi connectivity index (χ1) is 7.53. The van der Waals surface area contributed by atoms with Gasteiger partial charge in [0, 0.05) is 27.2 Å². The number of nitrogens with one attached hydrogen (secondary N) is 1. The monoisotopic (exact) mass is 345 g/mol. The number of sulfonamides is 1. The van der Waals surface area contributed by atoms with E-state index in [1.54, 1.807) is 0 Å². The minimum Gasteiger partial charge on any atom is -0.212 e. The molecule has 1 heterocycles. The third-order valence-electron chi connectivity index (χ3n) is 1.88. The maximum absolute atomic E-state index is 11.5. The van der Waals surface area contributed by atoms with E-state index in [4.69, 9.17) is 11.6 Å². The van der Waals surface area contributed by atoms with Crippen molar-refractivity contribution in [3.05, 3.63) is 20.8 Å². The molecule has 0 amide bonds. The summed E-state index contributed by atoms with van der Waals surface area (Å²) < 4.78 is 26.6. The molecular formula is C9H13BrClNO2S2. The summed E-state index contributed by atoms with van der Waals surface area (Å²) in [4.78, 5) is 0.993. The fraction of sp³-hybridized carbons (Fsp3) is 0.556. The molecule has 1 aromatic rings. The second-order valence-corrected chi connectivity index (χ2v) is 7.48. The molecule has 0 unspecified atom stereocenters. The van der Waals surface area contributed by atoms with Crippen LogP contribution in [0.25, 0.3) is 0 Å². The van der Waals surface area contributed by atoms with Crippen LogP contribution in [0.4, 0.5) is 0 Å². The molecule has 0 saturated carbocycles. The fourth-order valence-corrected chi connectivity index (χ4v) is 3.86. The van der Waals surface area contributed by atoms with Crippen LogP contribution in [-0.2, 0) is 16.6 Å². The number of hydrogen-bond acceptors (Lipinski definition) is 3. The zero-order valence-electron chi connectivity index (χ0n) is 8.58. The van der Waals surface area contributed by atoms with E-state index in [2.05, 4.69) is 20.7 Å². The van der Waals surface area contributed by atoms with Crippen molar-refractivity contribution in [2.45, 2.75) is 19.4 Å². The van der Waals surface area contributed by atoms with E-state index in [-0.39, 0.29) is 5.75 Å². The SMILES string of the molecule is O=S(=O)(CCCCCl)NCc1cc(Br)cs1. The third kappa shape index (κ3) is 5.63. The van der Waals surface area contributed by atoms with Gasteiger partial charge in [0.25, 0.3) is 0 Å². The Bertz CT molecular complexity index is 419.